The normalized spacial score (nSPS) is 11.4. The molecule has 7 nitrogen and oxygen atoms in total. The van der Waals surface area contributed by atoms with E-state index < -0.39 is 0 Å². The average Bonchev–Trinajstić information content (AvgIpc) is 3.22. The lowest BCUT2D eigenvalue weighted by molar-refractivity contribution is 0.232. The lowest BCUT2D eigenvalue weighted by Gasteiger charge is -2.06. The number of aryl methyl sites for hydroxylation is 1. The first-order chi connectivity index (χ1) is 12.6. The molecule has 4 aromatic heterocycles. The Morgan fingerprint density at radius 1 is 1.12 bits per heavy atom. The average molecular weight is 348 g/mol. The van der Waals surface area contributed by atoms with E-state index in [1.807, 2.05) is 45.4 Å². The van der Waals surface area contributed by atoms with Crippen LogP contribution < -0.4 is 4.74 Å². The fourth-order valence-electron chi connectivity index (χ4n) is 2.97. The highest BCUT2D eigenvalue weighted by atomic mass is 16.5. The second-order valence-corrected chi connectivity index (χ2v) is 6.58. The summed E-state index contributed by atoms with van der Waals surface area (Å²) in [6, 6.07) is 4.01. The van der Waals surface area contributed by atoms with Crippen molar-refractivity contribution >= 4 is 11.0 Å². The maximum absolute atomic E-state index is 5.63. The molecule has 0 aliphatic carbocycles. The maximum Gasteiger partial charge on any atom is 0.233 e. The second kappa shape index (κ2) is 6.59. The van der Waals surface area contributed by atoms with Gasteiger partial charge >= 0.3 is 0 Å². The van der Waals surface area contributed by atoms with Crippen molar-refractivity contribution in [2.75, 3.05) is 0 Å². The minimum Gasteiger partial charge on any atom is -0.474 e. The lowest BCUT2D eigenvalue weighted by atomic mass is 10.0. The molecule has 0 saturated carbocycles. The Bertz CT molecular complexity index is 1050. The predicted octanol–water partition coefficient (Wildman–Crippen LogP) is 3.43. The van der Waals surface area contributed by atoms with Crippen LogP contribution in [0.25, 0.3) is 22.4 Å². The summed E-state index contributed by atoms with van der Waals surface area (Å²) in [4.78, 5) is 16.3. The highest BCUT2D eigenvalue weighted by Crippen LogP contribution is 2.26. The molecule has 0 bridgehead atoms. The minimum atomic E-state index is 0.0676. The quantitative estimate of drug-likeness (QED) is 0.576. The van der Waals surface area contributed by atoms with Crippen LogP contribution in [0.15, 0.2) is 37.1 Å². The van der Waals surface area contributed by atoms with Gasteiger partial charge in [-0.15, -0.1) is 5.10 Å². The Morgan fingerprint density at radius 2 is 2.00 bits per heavy atom. The molecule has 132 valence electrons. The van der Waals surface area contributed by atoms with Gasteiger partial charge in [0.05, 0.1) is 17.5 Å². The van der Waals surface area contributed by atoms with Gasteiger partial charge in [0.2, 0.25) is 5.88 Å². The van der Waals surface area contributed by atoms with Crippen LogP contribution in [0.2, 0.25) is 0 Å². The summed E-state index contributed by atoms with van der Waals surface area (Å²) in [6.45, 7) is 5.98. The molecular weight excluding hydrogens is 328 g/mol. The van der Waals surface area contributed by atoms with Crippen LogP contribution in [0, 0.1) is 6.92 Å². The van der Waals surface area contributed by atoms with Crippen LogP contribution in [-0.4, -0.2) is 36.2 Å². The number of nitrogens with one attached hydrogen (secondary N) is 2. The molecule has 0 amide bonds. The van der Waals surface area contributed by atoms with Gasteiger partial charge in [-0.05, 0) is 38.0 Å². The molecule has 26 heavy (non-hydrogen) atoms. The summed E-state index contributed by atoms with van der Waals surface area (Å²) in [6.07, 6.45) is 8.01. The van der Waals surface area contributed by atoms with Crippen LogP contribution >= 0.6 is 0 Å². The Morgan fingerprint density at radius 3 is 2.85 bits per heavy atom. The molecule has 4 rings (SSSR count). The van der Waals surface area contributed by atoms with Gasteiger partial charge < -0.3 is 9.72 Å². The third-order valence-electron chi connectivity index (χ3n) is 4.09. The Labute approximate surface area is 150 Å². The van der Waals surface area contributed by atoms with Gasteiger partial charge in [-0.3, -0.25) is 5.10 Å². The smallest absolute Gasteiger partial charge is 0.233 e. The largest absolute Gasteiger partial charge is 0.474 e. The Kier molecular flexibility index (Phi) is 4.12. The number of aromatic amines is 2. The van der Waals surface area contributed by atoms with Crippen molar-refractivity contribution < 1.29 is 4.74 Å². The molecule has 0 saturated heterocycles. The Hall–Kier alpha value is -3.22. The monoisotopic (exact) mass is 348 g/mol. The molecule has 0 spiro atoms. The van der Waals surface area contributed by atoms with Gasteiger partial charge in [-0.25, -0.2) is 15.0 Å². The van der Waals surface area contributed by atoms with Crippen LogP contribution in [0.3, 0.4) is 0 Å². The van der Waals surface area contributed by atoms with Gasteiger partial charge in [0.15, 0.2) is 0 Å². The summed E-state index contributed by atoms with van der Waals surface area (Å²) in [5.41, 5.74) is 5.82. The first-order valence-electron chi connectivity index (χ1n) is 8.54. The fourth-order valence-corrected chi connectivity index (χ4v) is 2.97. The highest BCUT2D eigenvalue weighted by Gasteiger charge is 2.14. The SMILES string of the molecule is Cc1cnc2[nH]cc(Cc3cncnc3-c3cc(OC(C)C)n[nH]3)c2c1. The third-order valence-corrected chi connectivity index (χ3v) is 4.09. The van der Waals surface area contributed by atoms with Gasteiger partial charge in [0.1, 0.15) is 12.0 Å². The molecule has 0 fully saturated rings. The van der Waals surface area contributed by atoms with Crippen molar-refractivity contribution in [2.45, 2.75) is 33.3 Å². The summed E-state index contributed by atoms with van der Waals surface area (Å²) in [5, 5.41) is 8.34. The summed E-state index contributed by atoms with van der Waals surface area (Å²) >= 11 is 0. The zero-order valence-electron chi connectivity index (χ0n) is 14.9. The number of nitrogens with zero attached hydrogens (tertiary/aromatic N) is 4. The zero-order chi connectivity index (χ0) is 18.1. The van der Waals surface area contributed by atoms with Crippen LogP contribution in [0.4, 0.5) is 0 Å². The molecule has 0 aliphatic rings. The van der Waals surface area contributed by atoms with Crippen molar-refractivity contribution in [1.29, 1.82) is 0 Å². The lowest BCUT2D eigenvalue weighted by Crippen LogP contribution is -2.05. The Balaban J connectivity index is 1.69. The van der Waals surface area contributed by atoms with Crippen molar-refractivity contribution in [1.82, 2.24) is 30.1 Å². The number of fused-ring (bicyclic) bond motifs is 1. The predicted molar refractivity (Wildman–Crippen MR) is 99.0 cm³/mol. The van der Waals surface area contributed by atoms with Gasteiger partial charge in [-0.1, -0.05) is 0 Å². The van der Waals surface area contributed by atoms with E-state index in [0.29, 0.717) is 12.3 Å². The second-order valence-electron chi connectivity index (χ2n) is 6.58. The van der Waals surface area contributed by atoms with Crippen LogP contribution in [-0.2, 0) is 6.42 Å². The summed E-state index contributed by atoms with van der Waals surface area (Å²) < 4.78 is 5.63. The number of rotatable bonds is 5. The summed E-state index contributed by atoms with van der Waals surface area (Å²) in [7, 11) is 0. The molecule has 7 heteroatoms. The van der Waals surface area contributed by atoms with E-state index >= 15 is 0 Å². The molecule has 0 aromatic carbocycles. The van der Waals surface area contributed by atoms with Gasteiger partial charge in [0, 0.05) is 42.0 Å². The zero-order valence-corrected chi connectivity index (χ0v) is 14.9. The molecule has 0 aliphatic heterocycles. The van der Waals surface area contributed by atoms with Crippen molar-refractivity contribution in [3.05, 3.63) is 53.7 Å². The number of pyridine rings is 1. The van der Waals surface area contributed by atoms with E-state index in [9.17, 15) is 0 Å². The van der Waals surface area contributed by atoms with Gasteiger partial charge in [-0.2, -0.15) is 0 Å². The van der Waals surface area contributed by atoms with Crippen molar-refractivity contribution in [3.8, 4) is 17.3 Å². The van der Waals surface area contributed by atoms with E-state index in [-0.39, 0.29) is 6.10 Å². The van der Waals surface area contributed by atoms with Crippen LogP contribution in [0.5, 0.6) is 5.88 Å². The maximum atomic E-state index is 5.63. The molecule has 0 radical (unpaired) electrons. The van der Waals surface area contributed by atoms with Crippen LogP contribution in [0.1, 0.15) is 30.5 Å². The van der Waals surface area contributed by atoms with Crippen molar-refractivity contribution in [3.63, 3.8) is 0 Å². The fraction of sp³-hybridized carbons (Fsp3) is 0.263. The number of hydrogen-bond acceptors (Lipinski definition) is 5. The number of hydrogen-bond donors (Lipinski definition) is 2. The van der Waals surface area contributed by atoms with E-state index in [1.54, 1.807) is 6.33 Å². The molecule has 0 atom stereocenters. The third kappa shape index (κ3) is 3.15. The van der Waals surface area contributed by atoms with E-state index in [1.165, 1.54) is 0 Å². The molecular formula is C19H20N6O. The van der Waals surface area contributed by atoms with Gasteiger partial charge in [0.25, 0.3) is 0 Å². The van der Waals surface area contributed by atoms with E-state index in [4.69, 9.17) is 4.74 Å². The highest BCUT2D eigenvalue weighted by molar-refractivity contribution is 5.81. The van der Waals surface area contributed by atoms with Crippen molar-refractivity contribution in [2.24, 2.45) is 0 Å². The standard InChI is InChI=1S/C19H20N6O/c1-11(2)26-17-6-16(24-25-17)18-14(8-20-10-23-18)5-13-9-22-19-15(13)4-12(3)7-21-19/h4,6-11H,5H2,1-3H3,(H,21,22)(H,24,25). The summed E-state index contributed by atoms with van der Waals surface area (Å²) in [5.74, 6) is 0.562. The first-order valence-corrected chi connectivity index (χ1v) is 8.54. The minimum absolute atomic E-state index is 0.0676. The molecule has 0 unspecified atom stereocenters. The first kappa shape index (κ1) is 16.3. The molecule has 4 heterocycles. The number of aromatic nitrogens is 6. The topological polar surface area (TPSA) is 92.4 Å². The number of H-pyrrole nitrogens is 2. The van der Waals surface area contributed by atoms with E-state index in [0.717, 1.165) is 39.1 Å². The molecule has 2 N–H and O–H groups in total. The van der Waals surface area contributed by atoms with E-state index in [2.05, 4.69) is 36.2 Å². The molecule has 4 aromatic rings. The number of ether oxygens (including phenoxy) is 1.